The maximum absolute atomic E-state index is 12.9. The van der Waals surface area contributed by atoms with Crippen molar-refractivity contribution in [2.24, 2.45) is 0 Å². The molecule has 0 fully saturated rings. The Bertz CT molecular complexity index is 1170. The van der Waals surface area contributed by atoms with Crippen LogP contribution in [0.4, 0.5) is 10.5 Å². The Labute approximate surface area is 218 Å². The molecule has 0 aliphatic rings. The van der Waals surface area contributed by atoms with E-state index in [1.54, 1.807) is 19.1 Å². The lowest BCUT2D eigenvalue weighted by Crippen LogP contribution is -2.42. The predicted octanol–water partition coefficient (Wildman–Crippen LogP) is 4.55. The molecule has 0 saturated carbocycles. The van der Waals surface area contributed by atoms with E-state index in [2.05, 4.69) is 31.9 Å². The van der Waals surface area contributed by atoms with Crippen molar-refractivity contribution < 1.29 is 23.9 Å². The minimum atomic E-state index is -0.858. The molecular formula is C27H28BrN3O5. The number of ether oxygens (including phenoxy) is 2. The van der Waals surface area contributed by atoms with Gasteiger partial charge in [-0.2, -0.15) is 0 Å². The van der Waals surface area contributed by atoms with Gasteiger partial charge in [0.05, 0.1) is 19.7 Å². The van der Waals surface area contributed by atoms with Crippen molar-refractivity contribution in [3.8, 4) is 0 Å². The molecule has 9 heteroatoms. The van der Waals surface area contributed by atoms with Gasteiger partial charge in [0.15, 0.2) is 0 Å². The van der Waals surface area contributed by atoms with E-state index in [-0.39, 0.29) is 13.2 Å². The second-order valence-corrected chi connectivity index (χ2v) is 8.86. The molecule has 2 unspecified atom stereocenters. The quantitative estimate of drug-likeness (QED) is 0.318. The van der Waals surface area contributed by atoms with Crippen molar-refractivity contribution in [2.45, 2.75) is 25.6 Å². The largest absolute Gasteiger partial charge is 0.468 e. The molecule has 0 saturated heterocycles. The van der Waals surface area contributed by atoms with Crippen LogP contribution in [0.1, 0.15) is 29.7 Å². The van der Waals surface area contributed by atoms with Crippen LogP contribution in [0, 0.1) is 0 Å². The Morgan fingerprint density at radius 1 is 0.944 bits per heavy atom. The summed E-state index contributed by atoms with van der Waals surface area (Å²) in [6.45, 7) is 1.64. The normalized spacial score (nSPS) is 12.2. The van der Waals surface area contributed by atoms with E-state index in [9.17, 15) is 14.4 Å². The van der Waals surface area contributed by atoms with Gasteiger partial charge in [0.25, 0.3) is 0 Å². The molecule has 8 nitrogen and oxygen atoms in total. The van der Waals surface area contributed by atoms with Crippen LogP contribution in [-0.2, 0) is 25.7 Å². The number of hydrogen-bond acceptors (Lipinski definition) is 6. The van der Waals surface area contributed by atoms with Crippen LogP contribution in [-0.4, -0.2) is 37.7 Å². The number of carbonyl (C=O) groups is 3. The first kappa shape index (κ1) is 26.9. The highest BCUT2D eigenvalue weighted by Gasteiger charge is 2.22. The van der Waals surface area contributed by atoms with Crippen LogP contribution in [0.2, 0.25) is 0 Å². The second-order valence-electron chi connectivity index (χ2n) is 7.95. The number of anilines is 1. The van der Waals surface area contributed by atoms with E-state index < -0.39 is 30.1 Å². The van der Waals surface area contributed by atoms with Gasteiger partial charge in [0.1, 0.15) is 12.6 Å². The summed E-state index contributed by atoms with van der Waals surface area (Å²) in [5.41, 5.74) is 2.99. The molecule has 0 aliphatic heterocycles. The maximum atomic E-state index is 12.9. The molecular weight excluding hydrogens is 526 g/mol. The van der Waals surface area contributed by atoms with E-state index in [0.29, 0.717) is 5.69 Å². The van der Waals surface area contributed by atoms with E-state index >= 15 is 0 Å². The summed E-state index contributed by atoms with van der Waals surface area (Å²) in [6.07, 6.45) is -0.695. The molecule has 188 valence electrons. The number of methoxy groups -OCH3 is 1. The number of halogens is 1. The molecule has 0 aliphatic carbocycles. The summed E-state index contributed by atoms with van der Waals surface area (Å²) < 4.78 is 10.8. The van der Waals surface area contributed by atoms with Crippen LogP contribution < -0.4 is 16.0 Å². The van der Waals surface area contributed by atoms with Crippen molar-refractivity contribution in [3.63, 3.8) is 0 Å². The monoisotopic (exact) mass is 553 g/mol. The first-order valence-electron chi connectivity index (χ1n) is 11.3. The average molecular weight is 554 g/mol. The third-order valence-corrected chi connectivity index (χ3v) is 5.83. The third kappa shape index (κ3) is 7.93. The number of hydrogen-bond donors (Lipinski definition) is 3. The molecule has 0 aromatic heterocycles. The van der Waals surface area contributed by atoms with Gasteiger partial charge in [-0.05, 0) is 41.8 Å². The molecule has 0 radical (unpaired) electrons. The smallest absolute Gasteiger partial charge is 0.408 e. The van der Waals surface area contributed by atoms with Crippen molar-refractivity contribution in [1.82, 2.24) is 10.6 Å². The van der Waals surface area contributed by atoms with Crippen LogP contribution in [0.3, 0.4) is 0 Å². The number of benzene rings is 3. The van der Waals surface area contributed by atoms with Gasteiger partial charge >= 0.3 is 12.1 Å². The van der Waals surface area contributed by atoms with Gasteiger partial charge in [-0.25, -0.2) is 4.79 Å². The Balaban J connectivity index is 1.73. The molecule has 3 aromatic carbocycles. The van der Waals surface area contributed by atoms with Crippen LogP contribution in [0.25, 0.3) is 0 Å². The van der Waals surface area contributed by atoms with E-state index in [0.717, 1.165) is 21.2 Å². The number of alkyl carbamates (subject to hydrolysis) is 1. The zero-order valence-electron chi connectivity index (χ0n) is 20.0. The maximum Gasteiger partial charge on any atom is 0.408 e. The van der Waals surface area contributed by atoms with E-state index in [1.165, 1.54) is 7.11 Å². The van der Waals surface area contributed by atoms with Crippen LogP contribution >= 0.6 is 15.9 Å². The fourth-order valence-corrected chi connectivity index (χ4v) is 3.82. The summed E-state index contributed by atoms with van der Waals surface area (Å²) in [4.78, 5) is 37.0. The van der Waals surface area contributed by atoms with Gasteiger partial charge in [0.2, 0.25) is 5.91 Å². The highest BCUT2D eigenvalue weighted by atomic mass is 79.9. The van der Waals surface area contributed by atoms with Crippen molar-refractivity contribution in [2.75, 3.05) is 19.0 Å². The SMILES string of the molecule is COC(=O)CNC(c1ccccc1)c1cc(Br)ccc1NC(=O)C(C)NC(=O)OCc1ccccc1. The van der Waals surface area contributed by atoms with Gasteiger partial charge in [0, 0.05) is 10.2 Å². The zero-order chi connectivity index (χ0) is 25.9. The lowest BCUT2D eigenvalue weighted by atomic mass is 9.97. The minimum absolute atomic E-state index is 0.0266. The fourth-order valence-electron chi connectivity index (χ4n) is 3.44. The number of esters is 1. The summed E-state index contributed by atoms with van der Waals surface area (Å²) in [6, 6.07) is 22.9. The van der Waals surface area contributed by atoms with E-state index in [4.69, 9.17) is 9.47 Å². The van der Waals surface area contributed by atoms with E-state index in [1.807, 2.05) is 66.7 Å². The number of carbonyl (C=O) groups excluding carboxylic acids is 3. The van der Waals surface area contributed by atoms with Gasteiger partial charge in [-0.15, -0.1) is 0 Å². The van der Waals surface area contributed by atoms with Crippen molar-refractivity contribution in [1.29, 1.82) is 0 Å². The molecule has 2 atom stereocenters. The third-order valence-electron chi connectivity index (χ3n) is 5.33. The number of amides is 2. The Morgan fingerprint density at radius 3 is 2.28 bits per heavy atom. The molecule has 3 rings (SSSR count). The molecule has 2 amide bonds. The second kappa shape index (κ2) is 13.4. The van der Waals surface area contributed by atoms with Crippen molar-refractivity contribution in [3.05, 3.63) is 100 Å². The lowest BCUT2D eigenvalue weighted by molar-refractivity contribution is -0.139. The topological polar surface area (TPSA) is 106 Å². The average Bonchev–Trinajstić information content (AvgIpc) is 2.90. The molecule has 0 bridgehead atoms. The zero-order valence-corrected chi connectivity index (χ0v) is 21.6. The summed E-state index contributed by atoms with van der Waals surface area (Å²) >= 11 is 3.49. The summed E-state index contributed by atoms with van der Waals surface area (Å²) in [5.74, 6) is -0.835. The van der Waals surface area contributed by atoms with Gasteiger partial charge < -0.3 is 20.1 Å². The summed E-state index contributed by atoms with van der Waals surface area (Å²) in [5, 5.41) is 8.63. The van der Waals surface area contributed by atoms with Crippen LogP contribution in [0.5, 0.6) is 0 Å². The first-order valence-corrected chi connectivity index (χ1v) is 12.1. The lowest BCUT2D eigenvalue weighted by Gasteiger charge is -2.23. The van der Waals surface area contributed by atoms with Crippen molar-refractivity contribution >= 4 is 39.6 Å². The highest BCUT2D eigenvalue weighted by molar-refractivity contribution is 9.10. The van der Waals surface area contributed by atoms with Crippen LogP contribution in [0.15, 0.2) is 83.3 Å². The minimum Gasteiger partial charge on any atom is -0.468 e. The van der Waals surface area contributed by atoms with Gasteiger partial charge in [-0.3, -0.25) is 14.9 Å². The standard InChI is InChI=1S/C27H28BrN3O5/c1-18(30-27(34)36-17-19-9-5-3-6-10-19)26(33)31-23-14-13-21(28)15-22(23)25(29-16-24(32)35-2)20-11-7-4-8-12-20/h3-15,18,25,29H,16-17H2,1-2H3,(H,30,34)(H,31,33). The molecule has 0 spiro atoms. The first-order chi connectivity index (χ1) is 17.4. The Kier molecular flexibility index (Phi) is 10.0. The number of nitrogens with one attached hydrogen (secondary N) is 3. The highest BCUT2D eigenvalue weighted by Crippen LogP contribution is 2.31. The molecule has 3 aromatic rings. The number of rotatable bonds is 10. The molecule has 36 heavy (non-hydrogen) atoms. The van der Waals surface area contributed by atoms with Gasteiger partial charge in [-0.1, -0.05) is 76.6 Å². The Hall–Kier alpha value is -3.69. The predicted molar refractivity (Wildman–Crippen MR) is 140 cm³/mol. The molecule has 0 heterocycles. The fraction of sp³-hybridized carbons (Fsp3) is 0.222. The Morgan fingerprint density at radius 2 is 1.61 bits per heavy atom. The molecule has 3 N–H and O–H groups in total. The summed E-state index contributed by atoms with van der Waals surface area (Å²) in [7, 11) is 1.32.